The smallest absolute Gasteiger partial charge is 0.264 e. The molecule has 1 N–H and O–H groups in total. The molecular weight excluding hydrogens is 444 g/mol. The molecule has 0 aromatic heterocycles. The summed E-state index contributed by atoms with van der Waals surface area (Å²) in [6, 6.07) is 15.1. The van der Waals surface area contributed by atoms with Crippen LogP contribution in [0.1, 0.15) is 27.8 Å². The molecule has 32 heavy (non-hydrogen) atoms. The van der Waals surface area contributed by atoms with Gasteiger partial charge >= 0.3 is 0 Å². The Hall–Kier alpha value is -2.84. The van der Waals surface area contributed by atoms with E-state index in [1.807, 2.05) is 32.9 Å². The van der Waals surface area contributed by atoms with Gasteiger partial charge < -0.3 is 0 Å². The average Bonchev–Trinajstić information content (AvgIpc) is 2.70. The zero-order chi connectivity index (χ0) is 23.8. The van der Waals surface area contributed by atoms with E-state index in [1.54, 1.807) is 50.2 Å². The molecule has 3 aromatic rings. The highest BCUT2D eigenvalue weighted by Gasteiger charge is 2.27. The lowest BCUT2D eigenvalue weighted by atomic mass is 10.1. The van der Waals surface area contributed by atoms with E-state index in [0.29, 0.717) is 22.5 Å². The van der Waals surface area contributed by atoms with Gasteiger partial charge in [-0.05, 0) is 75.6 Å². The number of nitrogens with one attached hydrogen (secondary N) is 1. The fraction of sp³-hybridized carbons (Fsp3) is 0.250. The number of hydrogen-bond donors (Lipinski definition) is 1. The highest BCUT2D eigenvalue weighted by atomic mass is 32.2. The molecule has 0 atom stereocenters. The van der Waals surface area contributed by atoms with Crippen LogP contribution in [0.15, 0.2) is 64.4 Å². The van der Waals surface area contributed by atoms with Crippen molar-refractivity contribution in [1.29, 1.82) is 0 Å². The fourth-order valence-electron chi connectivity index (χ4n) is 3.71. The fourth-order valence-corrected chi connectivity index (χ4v) is 6.40. The van der Waals surface area contributed by atoms with Crippen LogP contribution in [0.25, 0.3) is 0 Å². The Morgan fingerprint density at radius 3 is 1.91 bits per heavy atom. The summed E-state index contributed by atoms with van der Waals surface area (Å²) in [6.45, 7) is 9.04. The van der Waals surface area contributed by atoms with Gasteiger partial charge in [-0.15, -0.1) is 0 Å². The molecule has 0 amide bonds. The van der Waals surface area contributed by atoms with Gasteiger partial charge in [-0.3, -0.25) is 9.03 Å². The van der Waals surface area contributed by atoms with E-state index in [4.69, 9.17) is 0 Å². The van der Waals surface area contributed by atoms with Crippen molar-refractivity contribution in [3.05, 3.63) is 82.4 Å². The first-order chi connectivity index (χ1) is 14.8. The van der Waals surface area contributed by atoms with Crippen molar-refractivity contribution in [2.75, 3.05) is 16.1 Å². The van der Waals surface area contributed by atoms with Gasteiger partial charge in [-0.1, -0.05) is 41.5 Å². The zero-order valence-corrected chi connectivity index (χ0v) is 20.7. The molecule has 3 rings (SSSR count). The van der Waals surface area contributed by atoms with E-state index < -0.39 is 20.0 Å². The van der Waals surface area contributed by atoms with Crippen LogP contribution in [0.5, 0.6) is 0 Å². The van der Waals surface area contributed by atoms with Crippen molar-refractivity contribution in [3.63, 3.8) is 0 Å². The lowest BCUT2D eigenvalue weighted by Gasteiger charge is -2.25. The summed E-state index contributed by atoms with van der Waals surface area (Å²) in [4.78, 5) is 0.176. The lowest BCUT2D eigenvalue weighted by molar-refractivity contribution is 0.592. The van der Waals surface area contributed by atoms with Crippen LogP contribution in [-0.2, 0) is 20.0 Å². The summed E-state index contributed by atoms with van der Waals surface area (Å²) >= 11 is 0. The summed E-state index contributed by atoms with van der Waals surface area (Å²) in [5.74, 6) is 0. The number of hydrogen-bond acceptors (Lipinski definition) is 4. The Kier molecular flexibility index (Phi) is 6.40. The first-order valence-electron chi connectivity index (χ1n) is 10.1. The second-order valence-corrected chi connectivity index (χ2v) is 11.7. The zero-order valence-electron chi connectivity index (χ0n) is 19.1. The van der Waals surface area contributed by atoms with Crippen molar-refractivity contribution < 1.29 is 16.8 Å². The highest BCUT2D eigenvalue weighted by molar-refractivity contribution is 7.93. The monoisotopic (exact) mass is 472 g/mol. The molecule has 0 bridgehead atoms. The molecule has 0 aliphatic carbocycles. The molecule has 3 aromatic carbocycles. The van der Waals surface area contributed by atoms with Gasteiger partial charge in [0.05, 0.1) is 21.2 Å². The minimum atomic E-state index is -3.94. The maximum absolute atomic E-state index is 13.2. The van der Waals surface area contributed by atoms with E-state index in [1.165, 1.54) is 13.1 Å². The molecular formula is C24H28N2O4S2. The number of nitrogens with zero attached hydrogens (tertiary/aromatic N) is 1. The number of rotatable bonds is 6. The molecule has 0 fully saturated rings. The first kappa shape index (κ1) is 23.8. The number of aryl methyl sites for hydroxylation is 4. The summed E-state index contributed by atoms with van der Waals surface area (Å²) in [5.41, 5.74) is 4.63. The minimum Gasteiger partial charge on any atom is -0.279 e. The average molecular weight is 473 g/mol. The van der Waals surface area contributed by atoms with Gasteiger partial charge in [0, 0.05) is 7.05 Å². The first-order valence-corrected chi connectivity index (χ1v) is 13.0. The molecule has 0 aliphatic heterocycles. The van der Waals surface area contributed by atoms with Crippen LogP contribution in [0.4, 0.5) is 11.4 Å². The third-order valence-corrected chi connectivity index (χ3v) is 8.77. The Morgan fingerprint density at radius 1 is 0.719 bits per heavy atom. The predicted octanol–water partition coefficient (Wildman–Crippen LogP) is 4.85. The van der Waals surface area contributed by atoms with Gasteiger partial charge in [-0.2, -0.15) is 0 Å². The Labute approximate surface area is 191 Å². The van der Waals surface area contributed by atoms with Crippen molar-refractivity contribution in [3.8, 4) is 0 Å². The SMILES string of the molecule is Cc1ccc(S(=O)(=O)N(C)c2c(C)ccc(S(=O)(=O)Nc3ccc(C)cc3C)c2C)cc1. The molecule has 0 unspecified atom stereocenters. The molecule has 0 saturated carbocycles. The van der Waals surface area contributed by atoms with Crippen LogP contribution in [0.2, 0.25) is 0 Å². The Balaban J connectivity index is 2.07. The van der Waals surface area contributed by atoms with Crippen molar-refractivity contribution in [2.24, 2.45) is 0 Å². The number of sulfonamides is 2. The molecule has 0 spiro atoms. The largest absolute Gasteiger partial charge is 0.279 e. The predicted molar refractivity (Wildman–Crippen MR) is 129 cm³/mol. The normalized spacial score (nSPS) is 11.9. The number of benzene rings is 3. The second-order valence-electron chi connectivity index (χ2n) is 8.06. The quantitative estimate of drug-likeness (QED) is 0.556. The Bertz CT molecular complexity index is 1380. The van der Waals surface area contributed by atoms with E-state index in [0.717, 1.165) is 21.0 Å². The maximum atomic E-state index is 13.2. The van der Waals surface area contributed by atoms with Crippen molar-refractivity contribution in [1.82, 2.24) is 0 Å². The van der Waals surface area contributed by atoms with Gasteiger partial charge in [0.25, 0.3) is 20.0 Å². The highest BCUT2D eigenvalue weighted by Crippen LogP contribution is 2.34. The molecule has 0 aliphatic rings. The van der Waals surface area contributed by atoms with Gasteiger partial charge in [0.1, 0.15) is 0 Å². The van der Waals surface area contributed by atoms with Crippen molar-refractivity contribution in [2.45, 2.75) is 44.4 Å². The van der Waals surface area contributed by atoms with Crippen LogP contribution in [0.3, 0.4) is 0 Å². The molecule has 0 heterocycles. The van der Waals surface area contributed by atoms with E-state index in [-0.39, 0.29) is 9.79 Å². The van der Waals surface area contributed by atoms with E-state index >= 15 is 0 Å². The van der Waals surface area contributed by atoms with E-state index in [9.17, 15) is 16.8 Å². The standard InChI is InChI=1S/C24H28N2O4S2/c1-16-7-11-21(12-8-16)32(29,30)26(6)24-18(3)10-14-23(20(24)5)31(27,28)25-22-13-9-17(2)15-19(22)4/h7-15,25H,1-6H3. The van der Waals surface area contributed by atoms with Gasteiger partial charge in [0.2, 0.25) is 0 Å². The van der Waals surface area contributed by atoms with Crippen LogP contribution < -0.4 is 9.03 Å². The molecule has 8 heteroatoms. The summed E-state index contributed by atoms with van der Waals surface area (Å²) in [6.07, 6.45) is 0. The summed E-state index contributed by atoms with van der Waals surface area (Å²) < 4.78 is 56.7. The minimum absolute atomic E-state index is 0.0315. The molecule has 0 radical (unpaired) electrons. The van der Waals surface area contributed by atoms with Crippen LogP contribution >= 0.6 is 0 Å². The second kappa shape index (κ2) is 8.60. The molecule has 170 valence electrons. The Morgan fingerprint density at radius 2 is 1.31 bits per heavy atom. The summed E-state index contributed by atoms with van der Waals surface area (Å²) in [7, 11) is -6.36. The van der Waals surface area contributed by atoms with Crippen LogP contribution in [0, 0.1) is 34.6 Å². The molecule has 0 saturated heterocycles. The topological polar surface area (TPSA) is 83.6 Å². The van der Waals surface area contributed by atoms with Crippen molar-refractivity contribution >= 4 is 31.4 Å². The van der Waals surface area contributed by atoms with E-state index in [2.05, 4.69) is 4.72 Å². The third-order valence-electron chi connectivity index (χ3n) is 5.49. The van der Waals surface area contributed by atoms with Gasteiger partial charge in [-0.25, -0.2) is 16.8 Å². The van der Waals surface area contributed by atoms with Gasteiger partial charge in [0.15, 0.2) is 0 Å². The maximum Gasteiger partial charge on any atom is 0.264 e. The summed E-state index contributed by atoms with van der Waals surface area (Å²) in [5, 5.41) is 0. The third kappa shape index (κ3) is 4.52. The number of anilines is 2. The lowest BCUT2D eigenvalue weighted by Crippen LogP contribution is -2.28. The van der Waals surface area contributed by atoms with Crippen LogP contribution in [-0.4, -0.2) is 23.9 Å². The molecule has 6 nitrogen and oxygen atoms in total.